The van der Waals surface area contributed by atoms with E-state index in [-0.39, 0.29) is 24.8 Å². The van der Waals surface area contributed by atoms with E-state index in [0.717, 1.165) is 16.5 Å². The molecule has 23 heavy (non-hydrogen) atoms. The Kier molecular flexibility index (Phi) is 7.49. The molecule has 1 amide bonds. The lowest BCUT2D eigenvalue weighted by atomic mass is 10.0. The maximum Gasteiger partial charge on any atom is 0.303 e. The number of benzene rings is 1. The molecule has 2 rings (SSSR count). The summed E-state index contributed by atoms with van der Waals surface area (Å²) in [7, 11) is 1.74. The number of para-hydroxylation sites is 1. The predicted octanol–water partition coefficient (Wildman–Crippen LogP) is 0.834. The molecule has 0 aliphatic heterocycles. The van der Waals surface area contributed by atoms with E-state index in [2.05, 4.69) is 10.3 Å². The molecule has 1 aromatic heterocycles. The molecule has 0 saturated heterocycles. The van der Waals surface area contributed by atoms with Gasteiger partial charge in [-0.05, 0) is 25.1 Å². The second kappa shape index (κ2) is 9.37. The Bertz CT molecular complexity index is 666. The summed E-state index contributed by atoms with van der Waals surface area (Å²) in [6.45, 7) is 0. The number of fused-ring (bicyclic) bond motifs is 1. The third-order valence-electron chi connectivity index (χ3n) is 3.27. The smallest absolute Gasteiger partial charge is 0.303 e. The molecular weight excluding hydrogens is 298 g/mol. The van der Waals surface area contributed by atoms with Crippen molar-refractivity contribution < 1.29 is 19.5 Å². The molecule has 0 spiro atoms. The molecule has 0 aliphatic carbocycles. The fourth-order valence-electron chi connectivity index (χ4n) is 2.05. The average molecular weight is 319 g/mol. The van der Waals surface area contributed by atoms with Crippen molar-refractivity contribution in [3.05, 3.63) is 36.0 Å². The van der Waals surface area contributed by atoms with Gasteiger partial charge in [-0.2, -0.15) is 0 Å². The first-order chi connectivity index (χ1) is 11.0. The van der Waals surface area contributed by atoms with Crippen LogP contribution >= 0.6 is 0 Å². The molecule has 0 unspecified atom stereocenters. The maximum atomic E-state index is 11.1. The third kappa shape index (κ3) is 5.91. The Hall–Kier alpha value is -2.67. The van der Waals surface area contributed by atoms with E-state index in [1.165, 1.54) is 0 Å². The van der Waals surface area contributed by atoms with Crippen LogP contribution in [0.3, 0.4) is 0 Å². The molecule has 2 aromatic rings. The zero-order valence-corrected chi connectivity index (χ0v) is 12.9. The lowest BCUT2D eigenvalue weighted by Crippen LogP contribution is -2.40. The van der Waals surface area contributed by atoms with Gasteiger partial charge in [-0.1, -0.05) is 18.2 Å². The molecule has 0 bridgehead atoms. The number of primary amides is 1. The Balaban J connectivity index is 0.000000322. The van der Waals surface area contributed by atoms with Crippen LogP contribution in [0.25, 0.3) is 10.9 Å². The number of aliphatic carboxylic acids is 1. The SMILES string of the molecule is CN[C@@H](Cc1c[nH]c2ccccc12)C(N)=O.O=CCCC(=O)O. The lowest BCUT2D eigenvalue weighted by molar-refractivity contribution is -0.137. The first-order valence-electron chi connectivity index (χ1n) is 7.16. The molecule has 0 fully saturated rings. The van der Waals surface area contributed by atoms with Gasteiger partial charge in [0.2, 0.25) is 5.91 Å². The van der Waals surface area contributed by atoms with Crippen LogP contribution in [0.4, 0.5) is 0 Å². The number of rotatable bonds is 7. The monoisotopic (exact) mass is 319 g/mol. The summed E-state index contributed by atoms with van der Waals surface area (Å²) in [5, 5.41) is 11.9. The standard InChI is InChI=1S/C12H15N3O.C4H6O3/c1-14-11(12(13)16)6-8-7-15-10-5-3-2-4-9(8)10;5-3-1-2-4(6)7/h2-5,7,11,14-15H,6H2,1H3,(H2,13,16);3H,1-2H2,(H,6,7)/t11-;/m0./s1. The highest BCUT2D eigenvalue weighted by Gasteiger charge is 2.15. The highest BCUT2D eigenvalue weighted by atomic mass is 16.4. The van der Waals surface area contributed by atoms with Crippen molar-refractivity contribution in [2.45, 2.75) is 25.3 Å². The summed E-state index contributed by atoms with van der Waals surface area (Å²) in [5.74, 6) is -1.25. The van der Waals surface area contributed by atoms with Gasteiger partial charge < -0.3 is 25.9 Å². The number of amides is 1. The molecular formula is C16H21N3O4. The van der Waals surface area contributed by atoms with E-state index >= 15 is 0 Å². The lowest BCUT2D eigenvalue weighted by Gasteiger charge is -2.10. The number of aromatic amines is 1. The van der Waals surface area contributed by atoms with Crippen LogP contribution in [0, 0.1) is 0 Å². The zero-order chi connectivity index (χ0) is 17.2. The van der Waals surface area contributed by atoms with Crippen molar-refractivity contribution in [1.29, 1.82) is 0 Å². The number of hydrogen-bond donors (Lipinski definition) is 4. The Morgan fingerprint density at radius 2 is 2.09 bits per heavy atom. The first-order valence-corrected chi connectivity index (χ1v) is 7.16. The van der Waals surface area contributed by atoms with Gasteiger partial charge in [0, 0.05) is 23.5 Å². The molecule has 124 valence electrons. The number of nitrogens with two attached hydrogens (primary N) is 1. The van der Waals surface area contributed by atoms with E-state index in [1.807, 2.05) is 30.5 Å². The minimum Gasteiger partial charge on any atom is -0.481 e. The average Bonchev–Trinajstić information content (AvgIpc) is 2.94. The van der Waals surface area contributed by atoms with Crippen LogP contribution in [0.5, 0.6) is 0 Å². The fraction of sp³-hybridized carbons (Fsp3) is 0.312. The molecule has 7 nitrogen and oxygen atoms in total. The minimum absolute atomic E-state index is 0.0521. The molecule has 0 aliphatic rings. The van der Waals surface area contributed by atoms with Crippen LogP contribution in [0.1, 0.15) is 18.4 Å². The normalized spacial score (nSPS) is 11.3. The molecule has 7 heteroatoms. The van der Waals surface area contributed by atoms with Gasteiger partial charge in [0.25, 0.3) is 0 Å². The minimum atomic E-state index is -0.924. The number of carbonyl (C=O) groups is 3. The van der Waals surface area contributed by atoms with Crippen molar-refractivity contribution in [1.82, 2.24) is 10.3 Å². The third-order valence-corrected chi connectivity index (χ3v) is 3.27. The van der Waals surface area contributed by atoms with Crippen molar-refractivity contribution in [3.8, 4) is 0 Å². The number of carbonyl (C=O) groups excluding carboxylic acids is 2. The summed E-state index contributed by atoms with van der Waals surface area (Å²) in [6, 6.07) is 7.69. The maximum absolute atomic E-state index is 11.1. The second-order valence-electron chi connectivity index (χ2n) is 4.91. The predicted molar refractivity (Wildman–Crippen MR) is 87.0 cm³/mol. The number of carboxylic acid groups (broad SMARTS) is 1. The summed E-state index contributed by atoms with van der Waals surface area (Å²) in [4.78, 5) is 33.4. The number of likely N-dealkylation sites (N-methyl/N-ethyl adjacent to an activating group) is 1. The fourth-order valence-corrected chi connectivity index (χ4v) is 2.05. The molecule has 5 N–H and O–H groups in total. The number of aldehydes is 1. The summed E-state index contributed by atoms with van der Waals surface area (Å²) < 4.78 is 0. The van der Waals surface area contributed by atoms with Gasteiger partial charge in [-0.25, -0.2) is 0 Å². The topological polar surface area (TPSA) is 125 Å². The summed E-state index contributed by atoms with van der Waals surface area (Å²) in [5.41, 5.74) is 7.48. The van der Waals surface area contributed by atoms with Gasteiger partial charge in [0.15, 0.2) is 0 Å². The van der Waals surface area contributed by atoms with Crippen LogP contribution in [0.15, 0.2) is 30.5 Å². The van der Waals surface area contributed by atoms with Gasteiger partial charge in [0.1, 0.15) is 6.29 Å². The first kappa shape index (κ1) is 18.4. The van der Waals surface area contributed by atoms with Gasteiger partial charge in [0.05, 0.1) is 12.5 Å². The van der Waals surface area contributed by atoms with Crippen molar-refractivity contribution in [2.24, 2.45) is 5.73 Å². The number of H-pyrrole nitrogens is 1. The quantitative estimate of drug-likeness (QED) is 0.563. The van der Waals surface area contributed by atoms with Crippen molar-refractivity contribution in [2.75, 3.05) is 7.05 Å². The molecule has 1 heterocycles. The molecule has 0 radical (unpaired) electrons. The van der Waals surface area contributed by atoms with Crippen LogP contribution in [0.2, 0.25) is 0 Å². The largest absolute Gasteiger partial charge is 0.481 e. The van der Waals surface area contributed by atoms with Crippen molar-refractivity contribution >= 4 is 29.1 Å². The van der Waals surface area contributed by atoms with Crippen LogP contribution in [-0.4, -0.2) is 41.3 Å². The van der Waals surface area contributed by atoms with Crippen molar-refractivity contribution in [3.63, 3.8) is 0 Å². The van der Waals surface area contributed by atoms with Gasteiger partial charge in [-0.15, -0.1) is 0 Å². The van der Waals surface area contributed by atoms with Gasteiger partial charge in [-0.3, -0.25) is 9.59 Å². The summed E-state index contributed by atoms with van der Waals surface area (Å²) in [6.07, 6.45) is 3.20. The van der Waals surface area contributed by atoms with E-state index in [0.29, 0.717) is 12.7 Å². The van der Waals surface area contributed by atoms with E-state index in [9.17, 15) is 14.4 Å². The second-order valence-corrected chi connectivity index (χ2v) is 4.91. The number of carboxylic acids is 1. The number of nitrogens with one attached hydrogen (secondary N) is 2. The molecule has 1 atom stereocenters. The molecule has 0 saturated carbocycles. The zero-order valence-electron chi connectivity index (χ0n) is 12.9. The summed E-state index contributed by atoms with van der Waals surface area (Å²) >= 11 is 0. The van der Waals surface area contributed by atoms with E-state index in [4.69, 9.17) is 10.8 Å². The van der Waals surface area contributed by atoms with E-state index in [1.54, 1.807) is 7.05 Å². The van der Waals surface area contributed by atoms with Crippen LogP contribution in [-0.2, 0) is 20.8 Å². The van der Waals surface area contributed by atoms with Crippen LogP contribution < -0.4 is 11.1 Å². The highest BCUT2D eigenvalue weighted by Crippen LogP contribution is 2.18. The molecule has 1 aromatic carbocycles. The number of aromatic nitrogens is 1. The Morgan fingerprint density at radius 1 is 1.39 bits per heavy atom. The highest BCUT2D eigenvalue weighted by molar-refractivity contribution is 5.85. The Morgan fingerprint density at radius 3 is 2.61 bits per heavy atom. The van der Waals surface area contributed by atoms with Gasteiger partial charge >= 0.3 is 5.97 Å². The number of hydrogen-bond acceptors (Lipinski definition) is 4. The van der Waals surface area contributed by atoms with E-state index < -0.39 is 5.97 Å². The Labute approximate surface area is 133 Å².